The number of furan rings is 1. The van der Waals surface area contributed by atoms with E-state index in [1.165, 1.54) is 0 Å². The molecular weight excluding hydrogens is 300 g/mol. The smallest absolute Gasteiger partial charge is 0.315 e. The highest BCUT2D eigenvalue weighted by molar-refractivity contribution is 7.99. The number of carbonyl (C=O) groups is 1. The van der Waals surface area contributed by atoms with Crippen molar-refractivity contribution in [3.8, 4) is 0 Å². The van der Waals surface area contributed by atoms with E-state index in [9.17, 15) is 4.79 Å². The Hall–Kier alpha value is -1.14. The van der Waals surface area contributed by atoms with Crippen molar-refractivity contribution in [1.82, 2.24) is 10.6 Å². The molecule has 2 saturated heterocycles. The first kappa shape index (κ1) is 15.7. The number of amides is 2. The largest absolute Gasteiger partial charge is 0.464 e. The first-order valence-electron chi connectivity index (χ1n) is 7.91. The van der Waals surface area contributed by atoms with E-state index in [0.29, 0.717) is 0 Å². The molecule has 6 heteroatoms. The van der Waals surface area contributed by atoms with E-state index < -0.39 is 0 Å². The van der Waals surface area contributed by atoms with Crippen LogP contribution in [0.4, 0.5) is 4.79 Å². The number of hydrogen-bond acceptors (Lipinski definition) is 4. The van der Waals surface area contributed by atoms with Gasteiger partial charge in [-0.15, -0.1) is 0 Å². The third-order valence-electron chi connectivity index (χ3n) is 4.43. The number of carbonyl (C=O) groups excluding carboxylic acids is 1. The standard InChI is InChI=1S/C16H24N2O3S/c1-11-3-4-14(21-11)12(2)17-15(19)18-13-5-7-20-16(9-13)6-8-22-10-16/h3-4,12-13H,5-10H2,1-2H3,(H2,17,18,19)/t12-,13+,16-/m0/s1. The van der Waals surface area contributed by atoms with Crippen LogP contribution in [0, 0.1) is 6.92 Å². The molecule has 3 heterocycles. The van der Waals surface area contributed by atoms with E-state index in [1.807, 2.05) is 37.7 Å². The highest BCUT2D eigenvalue weighted by Crippen LogP contribution is 2.38. The normalized spacial score (nSPS) is 29.5. The topological polar surface area (TPSA) is 63.5 Å². The third-order valence-corrected chi connectivity index (χ3v) is 5.65. The van der Waals surface area contributed by atoms with Gasteiger partial charge in [-0.05, 0) is 51.0 Å². The summed E-state index contributed by atoms with van der Waals surface area (Å²) in [6.45, 7) is 4.56. The van der Waals surface area contributed by atoms with Gasteiger partial charge < -0.3 is 19.8 Å². The van der Waals surface area contributed by atoms with Crippen LogP contribution in [0.5, 0.6) is 0 Å². The number of rotatable bonds is 3. The molecule has 0 bridgehead atoms. The van der Waals surface area contributed by atoms with Crippen LogP contribution in [0.2, 0.25) is 0 Å². The second-order valence-electron chi connectivity index (χ2n) is 6.31. The Bertz CT molecular complexity index is 525. The van der Waals surface area contributed by atoms with Gasteiger partial charge in [0.15, 0.2) is 0 Å². The van der Waals surface area contributed by atoms with Crippen LogP contribution in [0.1, 0.15) is 43.7 Å². The van der Waals surface area contributed by atoms with Crippen LogP contribution in [0.25, 0.3) is 0 Å². The predicted octanol–water partition coefficient (Wildman–Crippen LogP) is 3.00. The molecule has 22 heavy (non-hydrogen) atoms. The Kier molecular flexibility index (Phi) is 4.68. The van der Waals surface area contributed by atoms with Gasteiger partial charge in [0.05, 0.1) is 11.6 Å². The summed E-state index contributed by atoms with van der Waals surface area (Å²) in [6, 6.07) is 3.74. The van der Waals surface area contributed by atoms with Crippen LogP contribution in [-0.2, 0) is 4.74 Å². The summed E-state index contributed by atoms with van der Waals surface area (Å²) >= 11 is 1.94. The summed E-state index contributed by atoms with van der Waals surface area (Å²) in [6.07, 6.45) is 2.90. The van der Waals surface area contributed by atoms with Gasteiger partial charge >= 0.3 is 6.03 Å². The van der Waals surface area contributed by atoms with Gasteiger partial charge in [-0.3, -0.25) is 0 Å². The summed E-state index contributed by atoms with van der Waals surface area (Å²) in [5.74, 6) is 3.85. The number of thioether (sulfide) groups is 1. The fraction of sp³-hybridized carbons (Fsp3) is 0.688. The summed E-state index contributed by atoms with van der Waals surface area (Å²) in [4.78, 5) is 12.2. The molecule has 2 N–H and O–H groups in total. The third kappa shape index (κ3) is 3.60. The molecule has 2 fully saturated rings. The summed E-state index contributed by atoms with van der Waals surface area (Å²) < 4.78 is 11.5. The zero-order chi connectivity index (χ0) is 15.6. The number of aryl methyl sites for hydroxylation is 1. The molecule has 3 atom stereocenters. The van der Waals surface area contributed by atoms with Gasteiger partial charge in [-0.25, -0.2) is 4.79 Å². The number of ether oxygens (including phenoxy) is 1. The van der Waals surface area contributed by atoms with E-state index in [4.69, 9.17) is 9.15 Å². The molecule has 1 aromatic heterocycles. The molecular formula is C16H24N2O3S. The lowest BCUT2D eigenvalue weighted by Gasteiger charge is -2.38. The molecule has 122 valence electrons. The predicted molar refractivity (Wildman–Crippen MR) is 87.2 cm³/mol. The van der Waals surface area contributed by atoms with Crippen molar-refractivity contribution in [1.29, 1.82) is 0 Å². The van der Waals surface area contributed by atoms with Crippen LogP contribution in [-0.4, -0.2) is 35.8 Å². The Labute approximate surface area is 135 Å². The quantitative estimate of drug-likeness (QED) is 0.897. The van der Waals surface area contributed by atoms with E-state index in [-0.39, 0.29) is 23.7 Å². The van der Waals surface area contributed by atoms with Crippen LogP contribution in [0.3, 0.4) is 0 Å². The van der Waals surface area contributed by atoms with E-state index in [2.05, 4.69) is 10.6 Å². The minimum Gasteiger partial charge on any atom is -0.464 e. The van der Waals surface area contributed by atoms with Crippen LogP contribution < -0.4 is 10.6 Å². The maximum Gasteiger partial charge on any atom is 0.315 e. The lowest BCUT2D eigenvalue weighted by atomic mass is 9.90. The Morgan fingerprint density at radius 2 is 2.36 bits per heavy atom. The molecule has 2 aliphatic rings. The van der Waals surface area contributed by atoms with Crippen molar-refractivity contribution in [3.05, 3.63) is 23.7 Å². The lowest BCUT2D eigenvalue weighted by molar-refractivity contribution is -0.0684. The zero-order valence-corrected chi connectivity index (χ0v) is 14.0. The van der Waals surface area contributed by atoms with Gasteiger partial charge in [-0.2, -0.15) is 11.8 Å². The molecule has 0 unspecified atom stereocenters. The maximum absolute atomic E-state index is 12.2. The van der Waals surface area contributed by atoms with Crippen molar-refractivity contribution in [2.24, 2.45) is 0 Å². The molecule has 2 amide bonds. The SMILES string of the molecule is Cc1ccc([C@H](C)NC(=O)N[C@@H]2CCO[C@@]3(CCSC3)C2)o1. The molecule has 1 spiro atoms. The minimum atomic E-state index is -0.135. The summed E-state index contributed by atoms with van der Waals surface area (Å²) in [7, 11) is 0. The molecule has 2 aliphatic heterocycles. The van der Waals surface area contributed by atoms with Crippen molar-refractivity contribution >= 4 is 17.8 Å². The molecule has 1 aromatic rings. The Morgan fingerprint density at radius 3 is 3.05 bits per heavy atom. The number of urea groups is 1. The van der Waals surface area contributed by atoms with Crippen molar-refractivity contribution in [2.45, 2.75) is 50.8 Å². The minimum absolute atomic E-state index is 0.00932. The van der Waals surface area contributed by atoms with E-state index >= 15 is 0 Å². The Morgan fingerprint density at radius 1 is 1.50 bits per heavy atom. The first-order valence-corrected chi connectivity index (χ1v) is 9.07. The van der Waals surface area contributed by atoms with Gasteiger partial charge in [0, 0.05) is 18.4 Å². The van der Waals surface area contributed by atoms with Crippen molar-refractivity contribution in [3.63, 3.8) is 0 Å². The second-order valence-corrected chi connectivity index (χ2v) is 7.42. The summed E-state index contributed by atoms with van der Waals surface area (Å²) in [5.41, 5.74) is -0.00932. The first-order chi connectivity index (χ1) is 10.6. The van der Waals surface area contributed by atoms with Gasteiger partial charge in [0.2, 0.25) is 0 Å². The zero-order valence-electron chi connectivity index (χ0n) is 13.2. The number of nitrogens with one attached hydrogen (secondary N) is 2. The Balaban J connectivity index is 1.51. The molecule has 0 saturated carbocycles. The maximum atomic E-state index is 12.2. The molecule has 0 radical (unpaired) electrons. The monoisotopic (exact) mass is 324 g/mol. The van der Waals surface area contributed by atoms with Crippen LogP contribution in [0.15, 0.2) is 16.5 Å². The van der Waals surface area contributed by atoms with Gasteiger partial charge in [-0.1, -0.05) is 0 Å². The second kappa shape index (κ2) is 6.54. The van der Waals surface area contributed by atoms with Gasteiger partial charge in [0.25, 0.3) is 0 Å². The molecule has 3 rings (SSSR count). The van der Waals surface area contributed by atoms with Crippen LogP contribution >= 0.6 is 11.8 Å². The highest BCUT2D eigenvalue weighted by atomic mass is 32.2. The van der Waals surface area contributed by atoms with Crippen molar-refractivity contribution in [2.75, 3.05) is 18.1 Å². The number of hydrogen-bond donors (Lipinski definition) is 2. The average Bonchev–Trinajstić information content (AvgIpc) is 3.08. The van der Waals surface area contributed by atoms with E-state index in [0.717, 1.165) is 48.9 Å². The molecule has 5 nitrogen and oxygen atoms in total. The van der Waals surface area contributed by atoms with Gasteiger partial charge in [0.1, 0.15) is 11.5 Å². The van der Waals surface area contributed by atoms with E-state index in [1.54, 1.807) is 0 Å². The lowest BCUT2D eigenvalue weighted by Crippen LogP contribution is -2.51. The van der Waals surface area contributed by atoms with Crippen molar-refractivity contribution < 1.29 is 13.9 Å². The highest BCUT2D eigenvalue weighted by Gasteiger charge is 2.40. The fourth-order valence-electron chi connectivity index (χ4n) is 3.20. The summed E-state index contributed by atoms with van der Waals surface area (Å²) in [5, 5.41) is 6.04. The molecule has 0 aliphatic carbocycles. The average molecular weight is 324 g/mol. The fourth-order valence-corrected chi connectivity index (χ4v) is 4.57. The molecule has 0 aromatic carbocycles.